The van der Waals surface area contributed by atoms with Gasteiger partial charge in [-0.05, 0) is 41.6 Å². The van der Waals surface area contributed by atoms with E-state index >= 15 is 0 Å². The summed E-state index contributed by atoms with van der Waals surface area (Å²) in [5, 5.41) is -0.211. The van der Waals surface area contributed by atoms with Crippen LogP contribution in [0, 0.1) is 5.92 Å². The average Bonchev–Trinajstić information content (AvgIpc) is 2.84. The fourth-order valence-electron chi connectivity index (χ4n) is 1.42. The summed E-state index contributed by atoms with van der Waals surface area (Å²) in [6.45, 7) is 0. The molecule has 0 unspecified atom stereocenters. The Labute approximate surface area is 75.6 Å². The van der Waals surface area contributed by atoms with Gasteiger partial charge in [-0.15, -0.1) is 0 Å². The molecule has 2 nitrogen and oxygen atoms in total. The topological polar surface area (TPSA) is 30.0 Å². The van der Waals surface area contributed by atoms with Gasteiger partial charge in [-0.2, -0.15) is 0 Å². The van der Waals surface area contributed by atoms with E-state index in [1.165, 1.54) is 5.56 Å². The Morgan fingerprint density at radius 2 is 2.17 bits per heavy atom. The molecule has 0 radical (unpaired) electrons. The highest BCUT2D eigenvalue weighted by atomic mass is 35.5. The number of rotatable bonds is 2. The van der Waals surface area contributed by atoms with E-state index in [2.05, 4.69) is 4.98 Å². The number of hydrogen-bond acceptors (Lipinski definition) is 2. The lowest BCUT2D eigenvalue weighted by Crippen LogP contribution is -1.91. The Balaban J connectivity index is 2.11. The van der Waals surface area contributed by atoms with Crippen LogP contribution in [0.1, 0.15) is 17.9 Å². The van der Waals surface area contributed by atoms with Crippen molar-refractivity contribution >= 4 is 16.8 Å². The van der Waals surface area contributed by atoms with Gasteiger partial charge in [0.1, 0.15) is 0 Å². The van der Waals surface area contributed by atoms with Crippen LogP contribution in [-0.4, -0.2) is 10.2 Å². The molecule has 0 aromatic carbocycles. The predicted octanol–water partition coefficient (Wildman–Crippen LogP) is 1.95. The summed E-state index contributed by atoms with van der Waals surface area (Å²) in [6, 6.07) is 3.87. The van der Waals surface area contributed by atoms with Crippen LogP contribution in [0.5, 0.6) is 0 Å². The lowest BCUT2D eigenvalue weighted by molar-refractivity contribution is -0.112. The van der Waals surface area contributed by atoms with E-state index in [9.17, 15) is 4.79 Å². The van der Waals surface area contributed by atoms with Crippen LogP contribution in [0.4, 0.5) is 0 Å². The van der Waals surface area contributed by atoms with Crippen LogP contribution in [0.25, 0.3) is 0 Å². The predicted molar refractivity (Wildman–Crippen MR) is 45.9 cm³/mol. The molecule has 1 aromatic rings. The molecule has 62 valence electrons. The Morgan fingerprint density at radius 3 is 2.67 bits per heavy atom. The van der Waals surface area contributed by atoms with Crippen molar-refractivity contribution in [2.75, 3.05) is 0 Å². The van der Waals surface area contributed by atoms with Gasteiger partial charge in [0, 0.05) is 18.3 Å². The maximum absolute atomic E-state index is 10.7. The molecule has 1 aliphatic carbocycles. The highest BCUT2D eigenvalue weighted by molar-refractivity contribution is 6.64. The normalized spacial score (nSPS) is 26.8. The van der Waals surface area contributed by atoms with E-state index in [1.54, 1.807) is 12.4 Å². The zero-order valence-electron chi connectivity index (χ0n) is 6.40. The fraction of sp³-hybridized carbons (Fsp3) is 0.333. The van der Waals surface area contributed by atoms with Gasteiger partial charge in [0.05, 0.1) is 0 Å². The summed E-state index contributed by atoms with van der Waals surface area (Å²) >= 11 is 5.37. The molecule has 1 fully saturated rings. The molecule has 0 amide bonds. The molecule has 0 bridgehead atoms. The lowest BCUT2D eigenvalue weighted by Gasteiger charge is -1.94. The van der Waals surface area contributed by atoms with Gasteiger partial charge in [0.25, 0.3) is 0 Å². The molecule has 0 spiro atoms. The third kappa shape index (κ3) is 1.34. The summed E-state index contributed by atoms with van der Waals surface area (Å²) in [5.41, 5.74) is 1.17. The van der Waals surface area contributed by atoms with Crippen molar-refractivity contribution in [1.82, 2.24) is 4.98 Å². The third-order valence-corrected chi connectivity index (χ3v) is 2.50. The van der Waals surface area contributed by atoms with Gasteiger partial charge in [0.15, 0.2) is 0 Å². The van der Waals surface area contributed by atoms with E-state index in [0.717, 1.165) is 6.42 Å². The van der Waals surface area contributed by atoms with Gasteiger partial charge in [-0.25, -0.2) is 0 Å². The van der Waals surface area contributed by atoms with Crippen molar-refractivity contribution < 1.29 is 4.79 Å². The zero-order valence-corrected chi connectivity index (χ0v) is 7.16. The number of aromatic nitrogens is 1. The number of nitrogens with zero attached hydrogens (tertiary/aromatic N) is 1. The second-order valence-electron chi connectivity index (χ2n) is 3.03. The average molecular weight is 182 g/mol. The Hall–Kier alpha value is -0.890. The molecule has 2 rings (SSSR count). The molecule has 0 N–H and O–H groups in total. The van der Waals surface area contributed by atoms with Crippen molar-refractivity contribution in [3.05, 3.63) is 30.1 Å². The number of hydrogen-bond donors (Lipinski definition) is 0. The Kier molecular flexibility index (Phi) is 1.85. The van der Waals surface area contributed by atoms with Crippen molar-refractivity contribution in [1.29, 1.82) is 0 Å². The van der Waals surface area contributed by atoms with Crippen molar-refractivity contribution in [2.24, 2.45) is 5.92 Å². The second-order valence-corrected chi connectivity index (χ2v) is 3.41. The summed E-state index contributed by atoms with van der Waals surface area (Å²) in [4.78, 5) is 14.6. The van der Waals surface area contributed by atoms with E-state index in [1.807, 2.05) is 12.1 Å². The maximum atomic E-state index is 10.7. The minimum Gasteiger partial charge on any atom is -0.281 e. The smallest absolute Gasteiger partial charge is 0.225 e. The standard InChI is InChI=1S/C9H8ClNO/c10-9(12)8-5-7(8)6-1-3-11-4-2-6/h1-4,7-8H,5H2/t7-,8+/m0/s1. The first-order chi connectivity index (χ1) is 5.79. The minimum absolute atomic E-state index is 0.0501. The second kappa shape index (κ2) is 2.87. The fourth-order valence-corrected chi connectivity index (χ4v) is 1.67. The molecule has 1 aliphatic rings. The van der Waals surface area contributed by atoms with Crippen LogP contribution >= 0.6 is 11.6 Å². The van der Waals surface area contributed by atoms with E-state index < -0.39 is 0 Å². The molecular formula is C9H8ClNO. The van der Waals surface area contributed by atoms with Crippen LogP contribution in [-0.2, 0) is 4.79 Å². The summed E-state index contributed by atoms with van der Waals surface area (Å²) < 4.78 is 0. The third-order valence-electron chi connectivity index (χ3n) is 2.22. The molecular weight excluding hydrogens is 174 g/mol. The highest BCUT2D eigenvalue weighted by Gasteiger charge is 2.42. The molecule has 2 atom stereocenters. The Morgan fingerprint density at radius 1 is 1.50 bits per heavy atom. The molecule has 1 heterocycles. The van der Waals surface area contributed by atoms with Gasteiger partial charge >= 0.3 is 0 Å². The van der Waals surface area contributed by atoms with Crippen LogP contribution in [0.3, 0.4) is 0 Å². The van der Waals surface area contributed by atoms with Crippen LogP contribution in [0.2, 0.25) is 0 Å². The van der Waals surface area contributed by atoms with Crippen molar-refractivity contribution in [3.8, 4) is 0 Å². The van der Waals surface area contributed by atoms with Crippen LogP contribution in [0.15, 0.2) is 24.5 Å². The monoisotopic (exact) mass is 181 g/mol. The first-order valence-electron chi connectivity index (χ1n) is 3.88. The van der Waals surface area contributed by atoms with Gasteiger partial charge < -0.3 is 0 Å². The largest absolute Gasteiger partial charge is 0.281 e. The minimum atomic E-state index is -0.211. The highest BCUT2D eigenvalue weighted by Crippen LogP contribution is 2.48. The van der Waals surface area contributed by atoms with E-state index in [0.29, 0.717) is 5.92 Å². The maximum Gasteiger partial charge on any atom is 0.225 e. The molecule has 12 heavy (non-hydrogen) atoms. The molecule has 0 saturated heterocycles. The van der Waals surface area contributed by atoms with Gasteiger partial charge in [-0.3, -0.25) is 9.78 Å². The Bertz CT molecular complexity index is 299. The first-order valence-corrected chi connectivity index (χ1v) is 4.26. The van der Waals surface area contributed by atoms with Gasteiger partial charge in [0.2, 0.25) is 5.24 Å². The van der Waals surface area contributed by atoms with E-state index in [-0.39, 0.29) is 11.2 Å². The van der Waals surface area contributed by atoms with Crippen LogP contribution < -0.4 is 0 Å². The molecule has 1 saturated carbocycles. The SMILES string of the molecule is O=C(Cl)[C@@H]1C[C@H]1c1ccncc1. The molecule has 0 aliphatic heterocycles. The summed E-state index contributed by atoms with van der Waals surface area (Å²) in [7, 11) is 0. The number of halogens is 1. The quantitative estimate of drug-likeness (QED) is 0.653. The summed E-state index contributed by atoms with van der Waals surface area (Å²) in [6.07, 6.45) is 4.37. The summed E-state index contributed by atoms with van der Waals surface area (Å²) in [5.74, 6) is 0.395. The molecule has 1 aromatic heterocycles. The number of carbonyl (C=O) groups is 1. The van der Waals surface area contributed by atoms with E-state index in [4.69, 9.17) is 11.6 Å². The van der Waals surface area contributed by atoms with Gasteiger partial charge in [-0.1, -0.05) is 0 Å². The first kappa shape index (κ1) is 7.74. The number of pyridine rings is 1. The number of carbonyl (C=O) groups excluding carboxylic acids is 1. The zero-order chi connectivity index (χ0) is 8.55. The van der Waals surface area contributed by atoms with Crippen molar-refractivity contribution in [3.63, 3.8) is 0 Å². The lowest BCUT2D eigenvalue weighted by atomic mass is 10.1. The molecule has 3 heteroatoms. The van der Waals surface area contributed by atoms with Crippen molar-refractivity contribution in [2.45, 2.75) is 12.3 Å².